The van der Waals surface area contributed by atoms with E-state index in [0.29, 0.717) is 11.6 Å². The van der Waals surface area contributed by atoms with E-state index in [1.165, 1.54) is 7.11 Å². The number of aliphatic imine (C=N–C) groups is 1. The molecule has 0 saturated carbocycles. The minimum atomic E-state index is -0.144. The van der Waals surface area contributed by atoms with Gasteiger partial charge in [-0.15, -0.1) is 24.0 Å². The lowest BCUT2D eigenvalue weighted by molar-refractivity contribution is -0.146. The third-order valence-corrected chi connectivity index (χ3v) is 5.22. The lowest BCUT2D eigenvalue weighted by Gasteiger charge is -2.33. The van der Waals surface area contributed by atoms with Gasteiger partial charge in [-0.25, -0.2) is 0 Å². The molecule has 1 aliphatic heterocycles. The summed E-state index contributed by atoms with van der Waals surface area (Å²) in [6.07, 6.45) is 1.76. The van der Waals surface area contributed by atoms with Gasteiger partial charge in [0.05, 0.1) is 19.6 Å². The van der Waals surface area contributed by atoms with Crippen LogP contribution in [0.15, 0.2) is 23.2 Å². The molecular formula is C20H30ClIN4O3. The van der Waals surface area contributed by atoms with E-state index in [0.717, 1.165) is 49.7 Å². The zero-order chi connectivity index (χ0) is 20.5. The molecule has 1 saturated heterocycles. The summed E-state index contributed by atoms with van der Waals surface area (Å²) >= 11 is 6.09. The summed E-state index contributed by atoms with van der Waals surface area (Å²) in [5.74, 6) is 0.484. The van der Waals surface area contributed by atoms with Gasteiger partial charge in [0.25, 0.3) is 0 Å². The molecular weight excluding hydrogens is 507 g/mol. The molecule has 29 heavy (non-hydrogen) atoms. The average molecular weight is 537 g/mol. The van der Waals surface area contributed by atoms with Crippen molar-refractivity contribution >= 4 is 59.1 Å². The number of nitrogens with zero attached hydrogens (tertiary/aromatic N) is 2. The number of piperidine rings is 1. The maximum absolute atomic E-state index is 12.2. The number of benzene rings is 1. The van der Waals surface area contributed by atoms with Gasteiger partial charge >= 0.3 is 5.97 Å². The molecule has 2 N–H and O–H groups in total. The topological polar surface area (TPSA) is 83.0 Å². The minimum absolute atomic E-state index is 0. The fourth-order valence-corrected chi connectivity index (χ4v) is 3.31. The van der Waals surface area contributed by atoms with E-state index in [4.69, 9.17) is 16.3 Å². The number of carbonyl (C=O) groups excluding carboxylic acids is 2. The molecule has 0 radical (unpaired) electrons. The molecule has 1 amide bonds. The number of rotatable bonds is 6. The molecule has 0 spiro atoms. The van der Waals surface area contributed by atoms with E-state index in [-0.39, 0.29) is 48.2 Å². The second-order valence-corrected chi connectivity index (χ2v) is 7.14. The standard InChI is InChI=1S/C20H29ClN4O3.HI/c1-4-22-20(25-12-9-15(10-13-25)19(27)28-3)23-11-8-18(26)24-17-7-5-6-16(21)14(17)2;/h5-7,15H,4,8-13H2,1-3H3,(H,22,23)(H,24,26);1H. The van der Waals surface area contributed by atoms with E-state index >= 15 is 0 Å². The van der Waals surface area contributed by atoms with Crippen LogP contribution in [-0.2, 0) is 14.3 Å². The molecule has 2 rings (SSSR count). The molecule has 0 bridgehead atoms. The summed E-state index contributed by atoms with van der Waals surface area (Å²) in [7, 11) is 1.43. The number of guanidine groups is 1. The smallest absolute Gasteiger partial charge is 0.308 e. The number of carbonyl (C=O) groups is 2. The number of likely N-dealkylation sites (tertiary alicyclic amines) is 1. The molecule has 7 nitrogen and oxygen atoms in total. The fourth-order valence-electron chi connectivity index (χ4n) is 3.14. The van der Waals surface area contributed by atoms with E-state index in [1.54, 1.807) is 6.07 Å². The number of nitrogens with one attached hydrogen (secondary N) is 2. The van der Waals surface area contributed by atoms with Gasteiger partial charge in [0.2, 0.25) is 5.91 Å². The van der Waals surface area contributed by atoms with Gasteiger partial charge in [-0.05, 0) is 44.4 Å². The monoisotopic (exact) mass is 536 g/mol. The van der Waals surface area contributed by atoms with Crippen molar-refractivity contribution in [3.8, 4) is 0 Å². The average Bonchev–Trinajstić information content (AvgIpc) is 2.70. The quantitative estimate of drug-likeness (QED) is 0.252. The van der Waals surface area contributed by atoms with E-state index in [2.05, 4.69) is 20.5 Å². The molecule has 9 heteroatoms. The lowest BCUT2D eigenvalue weighted by Crippen LogP contribution is -2.46. The number of halogens is 2. The van der Waals surface area contributed by atoms with Gasteiger partial charge in [0.1, 0.15) is 0 Å². The SMILES string of the molecule is CCNC(=NCCC(=O)Nc1cccc(Cl)c1C)N1CCC(C(=O)OC)CC1.I. The first-order valence-corrected chi connectivity index (χ1v) is 10.00. The largest absolute Gasteiger partial charge is 0.469 e. The minimum Gasteiger partial charge on any atom is -0.469 e. The number of hydrogen-bond acceptors (Lipinski definition) is 4. The van der Waals surface area contributed by atoms with Crippen LogP contribution in [0, 0.1) is 12.8 Å². The third-order valence-electron chi connectivity index (χ3n) is 4.81. The van der Waals surface area contributed by atoms with Crippen LogP contribution in [0.4, 0.5) is 5.69 Å². The molecule has 162 valence electrons. The van der Waals surface area contributed by atoms with Crippen LogP contribution in [-0.4, -0.2) is 56.0 Å². The molecule has 0 atom stereocenters. The summed E-state index contributed by atoms with van der Waals surface area (Å²) in [4.78, 5) is 30.6. The Balaban J connectivity index is 0.00000420. The highest BCUT2D eigenvalue weighted by Crippen LogP contribution is 2.23. The van der Waals surface area contributed by atoms with Crippen LogP contribution in [0.3, 0.4) is 0 Å². The second kappa shape index (κ2) is 12.9. The maximum atomic E-state index is 12.2. The van der Waals surface area contributed by atoms with Crippen LogP contribution in [0.25, 0.3) is 0 Å². The predicted octanol–water partition coefficient (Wildman–Crippen LogP) is 3.45. The van der Waals surface area contributed by atoms with Gasteiger partial charge in [0, 0.05) is 36.8 Å². The summed E-state index contributed by atoms with van der Waals surface area (Å²) < 4.78 is 4.83. The molecule has 1 heterocycles. The number of hydrogen-bond donors (Lipinski definition) is 2. The van der Waals surface area contributed by atoms with Crippen molar-refractivity contribution in [2.24, 2.45) is 10.9 Å². The molecule has 1 aromatic carbocycles. The Morgan fingerprint density at radius 3 is 2.62 bits per heavy atom. The van der Waals surface area contributed by atoms with E-state index in [9.17, 15) is 9.59 Å². The van der Waals surface area contributed by atoms with Gasteiger partial charge in [-0.1, -0.05) is 17.7 Å². The van der Waals surface area contributed by atoms with Crippen molar-refractivity contribution in [2.45, 2.75) is 33.1 Å². The Labute approximate surface area is 194 Å². The van der Waals surface area contributed by atoms with Crippen molar-refractivity contribution < 1.29 is 14.3 Å². The van der Waals surface area contributed by atoms with Gasteiger partial charge < -0.3 is 20.3 Å². The maximum Gasteiger partial charge on any atom is 0.308 e. The second-order valence-electron chi connectivity index (χ2n) is 6.73. The Morgan fingerprint density at radius 1 is 1.31 bits per heavy atom. The van der Waals surface area contributed by atoms with Crippen molar-refractivity contribution in [1.82, 2.24) is 10.2 Å². The number of methoxy groups -OCH3 is 1. The zero-order valence-corrected chi connectivity index (χ0v) is 20.3. The fraction of sp³-hybridized carbons (Fsp3) is 0.550. The lowest BCUT2D eigenvalue weighted by atomic mass is 9.97. The molecule has 0 unspecified atom stereocenters. The van der Waals surface area contributed by atoms with E-state index < -0.39 is 0 Å². The highest BCUT2D eigenvalue weighted by atomic mass is 127. The first kappa shape index (κ1) is 25.5. The molecule has 0 aliphatic carbocycles. The summed E-state index contributed by atoms with van der Waals surface area (Å²) in [5, 5.41) is 6.77. The summed E-state index contributed by atoms with van der Waals surface area (Å²) in [5.41, 5.74) is 1.57. The Bertz CT molecular complexity index is 722. The molecule has 1 aliphatic rings. The van der Waals surface area contributed by atoms with Crippen molar-refractivity contribution in [1.29, 1.82) is 0 Å². The van der Waals surface area contributed by atoms with Crippen molar-refractivity contribution in [3.05, 3.63) is 28.8 Å². The first-order valence-electron chi connectivity index (χ1n) is 9.62. The van der Waals surface area contributed by atoms with Crippen LogP contribution >= 0.6 is 35.6 Å². The van der Waals surface area contributed by atoms with Crippen LogP contribution in [0.1, 0.15) is 31.7 Å². The number of anilines is 1. The summed E-state index contributed by atoms with van der Waals surface area (Å²) in [6.45, 7) is 6.47. The number of esters is 1. The zero-order valence-electron chi connectivity index (χ0n) is 17.2. The molecule has 1 aromatic rings. The van der Waals surface area contributed by atoms with Crippen LogP contribution in [0.2, 0.25) is 5.02 Å². The Hall–Kier alpha value is -1.55. The molecule has 1 fully saturated rings. The van der Waals surface area contributed by atoms with Crippen LogP contribution in [0.5, 0.6) is 0 Å². The molecule has 0 aromatic heterocycles. The highest BCUT2D eigenvalue weighted by Gasteiger charge is 2.26. The Morgan fingerprint density at radius 2 is 2.00 bits per heavy atom. The number of amides is 1. The van der Waals surface area contributed by atoms with Crippen molar-refractivity contribution in [2.75, 3.05) is 38.6 Å². The predicted molar refractivity (Wildman–Crippen MR) is 127 cm³/mol. The van der Waals surface area contributed by atoms with Crippen LogP contribution < -0.4 is 10.6 Å². The third kappa shape index (κ3) is 7.65. The normalized spacial score (nSPS) is 14.8. The van der Waals surface area contributed by atoms with Gasteiger partial charge in [-0.2, -0.15) is 0 Å². The number of ether oxygens (including phenoxy) is 1. The van der Waals surface area contributed by atoms with Gasteiger partial charge in [0.15, 0.2) is 5.96 Å². The van der Waals surface area contributed by atoms with Crippen molar-refractivity contribution in [3.63, 3.8) is 0 Å². The summed E-state index contributed by atoms with van der Waals surface area (Å²) in [6, 6.07) is 5.44. The van der Waals surface area contributed by atoms with E-state index in [1.807, 2.05) is 26.0 Å². The highest BCUT2D eigenvalue weighted by molar-refractivity contribution is 14.0. The Kier molecular flexibility index (Phi) is 11.3. The van der Waals surface area contributed by atoms with Gasteiger partial charge in [-0.3, -0.25) is 14.6 Å². The first-order chi connectivity index (χ1) is 13.5.